The fraction of sp³-hybridized carbons (Fsp3) is 0.294. The number of hydrogen-bond acceptors (Lipinski definition) is 3. The Labute approximate surface area is 137 Å². The van der Waals surface area contributed by atoms with Crippen molar-refractivity contribution in [1.29, 1.82) is 0 Å². The number of hydrogen-bond donors (Lipinski definition) is 1. The zero-order valence-electron chi connectivity index (χ0n) is 13.0. The monoisotopic (exact) mass is 334 g/mol. The van der Waals surface area contributed by atoms with Gasteiger partial charge in [-0.05, 0) is 30.7 Å². The van der Waals surface area contributed by atoms with Crippen molar-refractivity contribution in [2.45, 2.75) is 25.8 Å². The number of benzene rings is 1. The maximum atomic E-state index is 13.8. The molecule has 1 aromatic heterocycles. The Hall–Kier alpha value is -2.70. The summed E-state index contributed by atoms with van der Waals surface area (Å²) >= 11 is 0. The van der Waals surface area contributed by atoms with E-state index < -0.39 is 29.5 Å². The van der Waals surface area contributed by atoms with Crippen LogP contribution in [0.15, 0.2) is 34.7 Å². The first-order valence-corrected chi connectivity index (χ1v) is 7.66. The molecule has 1 saturated heterocycles. The van der Waals surface area contributed by atoms with Crippen LogP contribution in [0.5, 0.6) is 0 Å². The highest BCUT2D eigenvalue weighted by Gasteiger charge is 2.36. The Morgan fingerprint density at radius 3 is 2.62 bits per heavy atom. The predicted octanol–water partition coefficient (Wildman–Crippen LogP) is 2.66. The third kappa shape index (κ3) is 2.89. The van der Waals surface area contributed by atoms with Crippen LogP contribution in [0.25, 0.3) is 0 Å². The lowest BCUT2D eigenvalue weighted by atomic mass is 10.2. The Bertz CT molecular complexity index is 768. The summed E-state index contributed by atoms with van der Waals surface area (Å²) in [7, 11) is 0. The summed E-state index contributed by atoms with van der Waals surface area (Å²) in [5.41, 5.74) is -0.384. The number of para-hydroxylation sites is 1. The molecule has 1 fully saturated rings. The van der Waals surface area contributed by atoms with Gasteiger partial charge in [0.05, 0.1) is 0 Å². The van der Waals surface area contributed by atoms with Crippen molar-refractivity contribution >= 4 is 17.5 Å². The van der Waals surface area contributed by atoms with Crippen molar-refractivity contribution in [3.8, 4) is 0 Å². The number of nitrogens with one attached hydrogen (secondary N) is 1. The summed E-state index contributed by atoms with van der Waals surface area (Å²) in [4.78, 5) is 25.5. The molecule has 5 nitrogen and oxygen atoms in total. The third-order valence-corrected chi connectivity index (χ3v) is 3.95. The van der Waals surface area contributed by atoms with Crippen LogP contribution in [0.4, 0.5) is 14.5 Å². The van der Waals surface area contributed by atoms with Crippen LogP contribution in [0, 0.1) is 11.6 Å². The van der Waals surface area contributed by atoms with Crippen molar-refractivity contribution in [2.75, 3.05) is 11.4 Å². The molecule has 3 rings (SSSR count). The van der Waals surface area contributed by atoms with E-state index >= 15 is 0 Å². The van der Waals surface area contributed by atoms with Crippen LogP contribution < -0.4 is 10.2 Å². The maximum absolute atomic E-state index is 13.8. The number of halogens is 2. The van der Waals surface area contributed by atoms with Gasteiger partial charge in [-0.3, -0.25) is 9.59 Å². The Balaban J connectivity index is 1.73. The number of nitrogens with zero attached hydrogens (tertiary/aromatic N) is 1. The van der Waals surface area contributed by atoms with E-state index in [4.69, 9.17) is 4.42 Å². The van der Waals surface area contributed by atoms with Gasteiger partial charge < -0.3 is 14.6 Å². The number of aryl methyl sites for hydroxylation is 1. The standard InChI is InChI=1S/C17H16F2N2O3/c1-2-10-6-7-14(24-10)16(22)20-13-8-9-21(17(13)23)15-11(18)4-3-5-12(15)19/h3-7,13H,2,8-9H2,1H3,(H,20,22). The van der Waals surface area contributed by atoms with Gasteiger partial charge in [0.2, 0.25) is 5.91 Å². The highest BCUT2D eigenvalue weighted by molar-refractivity contribution is 6.03. The quantitative estimate of drug-likeness (QED) is 0.935. The fourth-order valence-corrected chi connectivity index (χ4v) is 2.70. The number of anilines is 1. The first-order valence-electron chi connectivity index (χ1n) is 7.66. The molecule has 1 atom stereocenters. The van der Waals surface area contributed by atoms with Crippen molar-refractivity contribution in [3.63, 3.8) is 0 Å². The Morgan fingerprint density at radius 2 is 2.00 bits per heavy atom. The van der Waals surface area contributed by atoms with E-state index in [1.54, 1.807) is 6.07 Å². The van der Waals surface area contributed by atoms with E-state index in [2.05, 4.69) is 5.32 Å². The van der Waals surface area contributed by atoms with Crippen LogP contribution in [0.3, 0.4) is 0 Å². The molecular formula is C17H16F2N2O3. The maximum Gasteiger partial charge on any atom is 0.287 e. The minimum atomic E-state index is -0.841. The number of carbonyl (C=O) groups excluding carboxylic acids is 2. The average Bonchev–Trinajstić information content (AvgIpc) is 3.16. The molecular weight excluding hydrogens is 318 g/mol. The summed E-state index contributed by atoms with van der Waals surface area (Å²) in [6, 6.07) is 5.79. The van der Waals surface area contributed by atoms with Crippen LogP contribution >= 0.6 is 0 Å². The second-order valence-corrected chi connectivity index (χ2v) is 5.49. The van der Waals surface area contributed by atoms with E-state index in [1.807, 2.05) is 6.92 Å². The zero-order valence-corrected chi connectivity index (χ0v) is 13.0. The van der Waals surface area contributed by atoms with Gasteiger partial charge in [-0.15, -0.1) is 0 Å². The van der Waals surface area contributed by atoms with E-state index in [0.717, 1.165) is 17.0 Å². The van der Waals surface area contributed by atoms with Gasteiger partial charge in [0, 0.05) is 13.0 Å². The molecule has 1 unspecified atom stereocenters. The normalized spacial score (nSPS) is 17.4. The molecule has 7 heteroatoms. The fourth-order valence-electron chi connectivity index (χ4n) is 2.70. The van der Waals surface area contributed by atoms with Gasteiger partial charge >= 0.3 is 0 Å². The van der Waals surface area contributed by atoms with Crippen LogP contribution in [-0.4, -0.2) is 24.4 Å². The van der Waals surface area contributed by atoms with Gasteiger partial charge in [-0.2, -0.15) is 0 Å². The molecule has 0 bridgehead atoms. The molecule has 0 radical (unpaired) electrons. The molecule has 2 amide bonds. The highest BCUT2D eigenvalue weighted by atomic mass is 19.1. The molecule has 0 aliphatic carbocycles. The number of rotatable bonds is 4. The predicted molar refractivity (Wildman–Crippen MR) is 82.7 cm³/mol. The molecule has 24 heavy (non-hydrogen) atoms. The van der Waals surface area contributed by atoms with Crippen LogP contribution in [0.2, 0.25) is 0 Å². The van der Waals surface area contributed by atoms with E-state index in [-0.39, 0.29) is 24.4 Å². The second-order valence-electron chi connectivity index (χ2n) is 5.49. The first-order chi connectivity index (χ1) is 11.5. The second kappa shape index (κ2) is 6.43. The molecule has 1 N–H and O–H groups in total. The smallest absolute Gasteiger partial charge is 0.287 e. The summed E-state index contributed by atoms with van der Waals surface area (Å²) in [6.45, 7) is 2.02. The minimum absolute atomic E-state index is 0.107. The van der Waals surface area contributed by atoms with Gasteiger partial charge in [-0.25, -0.2) is 8.78 Å². The topological polar surface area (TPSA) is 62.6 Å². The van der Waals surface area contributed by atoms with Gasteiger partial charge in [0.25, 0.3) is 5.91 Å². The minimum Gasteiger partial charge on any atom is -0.456 e. The van der Waals surface area contributed by atoms with E-state index in [0.29, 0.717) is 12.2 Å². The number of furan rings is 1. The summed E-state index contributed by atoms with van der Waals surface area (Å²) in [5.74, 6) is -1.93. The van der Waals surface area contributed by atoms with Crippen molar-refractivity contribution in [2.24, 2.45) is 0 Å². The first kappa shape index (κ1) is 16.2. The SMILES string of the molecule is CCc1ccc(C(=O)NC2CCN(c3c(F)cccc3F)C2=O)o1. The third-order valence-electron chi connectivity index (χ3n) is 3.95. The van der Waals surface area contributed by atoms with E-state index in [9.17, 15) is 18.4 Å². The molecule has 1 aliphatic rings. The molecule has 1 aromatic carbocycles. The van der Waals surface area contributed by atoms with E-state index in [1.165, 1.54) is 12.1 Å². The van der Waals surface area contributed by atoms with Crippen molar-refractivity contribution in [3.05, 3.63) is 53.5 Å². The summed E-state index contributed by atoms with van der Waals surface area (Å²) < 4.78 is 33.0. The molecule has 2 heterocycles. The van der Waals surface area contributed by atoms with Crippen LogP contribution in [0.1, 0.15) is 29.7 Å². The Morgan fingerprint density at radius 1 is 1.29 bits per heavy atom. The lowest BCUT2D eigenvalue weighted by molar-refractivity contribution is -0.118. The average molecular weight is 334 g/mol. The van der Waals surface area contributed by atoms with Gasteiger partial charge in [0.1, 0.15) is 29.1 Å². The van der Waals surface area contributed by atoms with Crippen molar-refractivity contribution < 1.29 is 22.8 Å². The zero-order chi connectivity index (χ0) is 17.3. The highest BCUT2D eigenvalue weighted by Crippen LogP contribution is 2.27. The lowest BCUT2D eigenvalue weighted by Crippen LogP contribution is -2.41. The number of carbonyl (C=O) groups is 2. The molecule has 126 valence electrons. The molecule has 0 spiro atoms. The molecule has 1 aliphatic heterocycles. The molecule has 2 aromatic rings. The van der Waals surface area contributed by atoms with Crippen molar-refractivity contribution in [1.82, 2.24) is 5.32 Å². The Kier molecular flexibility index (Phi) is 4.33. The summed E-state index contributed by atoms with van der Waals surface area (Å²) in [6.07, 6.45) is 0.912. The van der Waals surface area contributed by atoms with Gasteiger partial charge in [-0.1, -0.05) is 13.0 Å². The van der Waals surface area contributed by atoms with Crippen LogP contribution in [-0.2, 0) is 11.2 Å². The van der Waals surface area contributed by atoms with Gasteiger partial charge in [0.15, 0.2) is 5.76 Å². The summed E-state index contributed by atoms with van der Waals surface area (Å²) in [5, 5.41) is 2.55. The number of amides is 2. The lowest BCUT2D eigenvalue weighted by Gasteiger charge is -2.18. The molecule has 0 saturated carbocycles. The largest absolute Gasteiger partial charge is 0.456 e.